The number of hydrogen-bond donors (Lipinski definition) is 0. The lowest BCUT2D eigenvalue weighted by molar-refractivity contribution is -0.130. The summed E-state index contributed by atoms with van der Waals surface area (Å²) in [5.41, 5.74) is 4.04. The van der Waals surface area contributed by atoms with Crippen LogP contribution in [0.15, 0.2) is 29.9 Å². The van der Waals surface area contributed by atoms with Gasteiger partial charge in [0.1, 0.15) is 0 Å². The van der Waals surface area contributed by atoms with Gasteiger partial charge in [-0.25, -0.2) is 4.98 Å². The van der Waals surface area contributed by atoms with Crippen molar-refractivity contribution in [2.75, 3.05) is 26.7 Å². The van der Waals surface area contributed by atoms with Crippen molar-refractivity contribution in [2.45, 2.75) is 32.7 Å². The second-order valence-corrected chi connectivity index (χ2v) is 7.81. The summed E-state index contributed by atoms with van der Waals surface area (Å²) in [5, 5.41) is 0. The van der Waals surface area contributed by atoms with E-state index >= 15 is 0 Å². The molecule has 0 aromatic carbocycles. The molecule has 3 rings (SSSR count). The van der Waals surface area contributed by atoms with Crippen LogP contribution in [0.2, 0.25) is 0 Å². The average Bonchev–Trinajstić information content (AvgIpc) is 3.23. The molecule has 1 aliphatic rings. The van der Waals surface area contributed by atoms with E-state index < -0.39 is 0 Å². The Morgan fingerprint density at radius 2 is 2.28 bits per heavy atom. The van der Waals surface area contributed by atoms with Crippen molar-refractivity contribution in [1.82, 2.24) is 19.8 Å². The normalized spacial score (nSPS) is 17.4. The first-order valence-corrected chi connectivity index (χ1v) is 9.75. The first kappa shape index (κ1) is 18.0. The molecule has 0 bridgehead atoms. The third-order valence-electron chi connectivity index (χ3n) is 4.79. The van der Waals surface area contributed by atoms with Crippen molar-refractivity contribution in [3.8, 4) is 0 Å². The maximum atomic E-state index is 12.4. The van der Waals surface area contributed by atoms with Crippen molar-refractivity contribution in [3.05, 3.63) is 46.2 Å². The largest absolute Gasteiger partial charge is 0.342 e. The van der Waals surface area contributed by atoms with Gasteiger partial charge in [-0.05, 0) is 44.9 Å². The molecule has 0 saturated carbocycles. The molecule has 1 aliphatic heterocycles. The van der Waals surface area contributed by atoms with E-state index in [1.165, 1.54) is 4.88 Å². The van der Waals surface area contributed by atoms with Gasteiger partial charge in [-0.3, -0.25) is 9.78 Å². The van der Waals surface area contributed by atoms with Crippen molar-refractivity contribution in [3.63, 3.8) is 0 Å². The zero-order valence-electron chi connectivity index (χ0n) is 15.0. The zero-order valence-corrected chi connectivity index (χ0v) is 15.8. The van der Waals surface area contributed by atoms with Gasteiger partial charge >= 0.3 is 0 Å². The minimum absolute atomic E-state index is 0.258. The maximum Gasteiger partial charge on any atom is 0.222 e. The summed E-state index contributed by atoms with van der Waals surface area (Å²) in [5.74, 6) is 0.825. The van der Waals surface area contributed by atoms with E-state index in [4.69, 9.17) is 0 Å². The van der Waals surface area contributed by atoms with Crippen molar-refractivity contribution in [2.24, 2.45) is 5.92 Å². The van der Waals surface area contributed by atoms with E-state index in [0.29, 0.717) is 12.3 Å². The number of hydrogen-bond acceptors (Lipinski definition) is 5. The molecule has 1 fully saturated rings. The minimum atomic E-state index is 0.258. The highest BCUT2D eigenvalue weighted by Gasteiger charge is 2.26. The average molecular weight is 359 g/mol. The molecule has 0 spiro atoms. The Hall–Kier alpha value is -1.79. The summed E-state index contributed by atoms with van der Waals surface area (Å²) >= 11 is 1.72. The number of carbonyl (C=O) groups is 1. The highest BCUT2D eigenvalue weighted by atomic mass is 32.1. The SMILES string of the molecule is Cc1ncsc1CN(C)C[C@@H]1CCN(C(=O)CCc2ccccn2)C1. The number of amides is 1. The van der Waals surface area contributed by atoms with Crippen LogP contribution >= 0.6 is 11.3 Å². The zero-order chi connectivity index (χ0) is 17.6. The Labute approximate surface area is 153 Å². The molecule has 2 aromatic heterocycles. The van der Waals surface area contributed by atoms with Gasteiger partial charge in [0.2, 0.25) is 5.91 Å². The van der Waals surface area contributed by atoms with Crippen molar-refractivity contribution < 1.29 is 4.79 Å². The van der Waals surface area contributed by atoms with Gasteiger partial charge in [0.05, 0.1) is 11.2 Å². The first-order chi connectivity index (χ1) is 12.1. The first-order valence-electron chi connectivity index (χ1n) is 8.87. The molecule has 0 aliphatic carbocycles. The van der Waals surface area contributed by atoms with Gasteiger partial charge in [0.15, 0.2) is 0 Å². The fourth-order valence-electron chi connectivity index (χ4n) is 3.38. The van der Waals surface area contributed by atoms with Crippen LogP contribution in [0.4, 0.5) is 0 Å². The lowest BCUT2D eigenvalue weighted by Gasteiger charge is -2.21. The van der Waals surface area contributed by atoms with E-state index in [1.807, 2.05) is 28.6 Å². The number of rotatable bonds is 7. The summed E-state index contributed by atoms with van der Waals surface area (Å²) in [6.07, 6.45) is 4.17. The molecule has 1 saturated heterocycles. The maximum absolute atomic E-state index is 12.4. The van der Waals surface area contributed by atoms with Gasteiger partial charge in [-0.1, -0.05) is 6.07 Å². The lowest BCUT2D eigenvalue weighted by atomic mass is 10.1. The van der Waals surface area contributed by atoms with Gasteiger partial charge in [0.25, 0.3) is 0 Å². The number of carbonyl (C=O) groups excluding carboxylic acids is 1. The Morgan fingerprint density at radius 1 is 1.40 bits per heavy atom. The van der Waals surface area contributed by atoms with Crippen LogP contribution in [0.25, 0.3) is 0 Å². The predicted molar refractivity (Wildman–Crippen MR) is 100 cm³/mol. The summed E-state index contributed by atoms with van der Waals surface area (Å²) in [6.45, 7) is 5.81. The Balaban J connectivity index is 1.41. The summed E-state index contributed by atoms with van der Waals surface area (Å²) < 4.78 is 0. The quantitative estimate of drug-likeness (QED) is 0.764. The highest BCUT2D eigenvalue weighted by molar-refractivity contribution is 7.09. The molecule has 6 heteroatoms. The highest BCUT2D eigenvalue weighted by Crippen LogP contribution is 2.20. The van der Waals surface area contributed by atoms with Gasteiger partial charge in [-0.15, -0.1) is 11.3 Å². The molecule has 3 heterocycles. The van der Waals surface area contributed by atoms with E-state index in [2.05, 4.69) is 28.8 Å². The molecule has 2 aromatic rings. The number of aryl methyl sites for hydroxylation is 2. The van der Waals surface area contributed by atoms with Crippen LogP contribution < -0.4 is 0 Å². The molecule has 25 heavy (non-hydrogen) atoms. The van der Waals surface area contributed by atoms with E-state index in [1.54, 1.807) is 17.5 Å². The molecule has 5 nitrogen and oxygen atoms in total. The number of nitrogens with zero attached hydrogens (tertiary/aromatic N) is 4. The molecule has 0 N–H and O–H groups in total. The van der Waals surface area contributed by atoms with Crippen LogP contribution in [-0.2, 0) is 17.8 Å². The molecule has 1 atom stereocenters. The van der Waals surface area contributed by atoms with E-state index in [0.717, 1.165) is 50.4 Å². The molecular weight excluding hydrogens is 332 g/mol. The summed E-state index contributed by atoms with van der Waals surface area (Å²) in [6, 6.07) is 5.86. The number of likely N-dealkylation sites (tertiary alicyclic amines) is 1. The molecule has 0 unspecified atom stereocenters. The third kappa shape index (κ3) is 5.09. The van der Waals surface area contributed by atoms with Crippen LogP contribution in [0.3, 0.4) is 0 Å². The van der Waals surface area contributed by atoms with Crippen LogP contribution in [0, 0.1) is 12.8 Å². The Bertz CT molecular complexity index is 688. The molecule has 0 radical (unpaired) electrons. The van der Waals surface area contributed by atoms with Gasteiger partial charge < -0.3 is 9.80 Å². The third-order valence-corrected chi connectivity index (χ3v) is 5.71. The standard InChI is InChI=1S/C19H26N4OS/c1-15-18(25-14-21-15)13-22(2)11-16-8-10-23(12-16)19(24)7-6-17-5-3-4-9-20-17/h3-5,9,14,16H,6-8,10-13H2,1-2H3/t16-/m0/s1. The lowest BCUT2D eigenvalue weighted by Crippen LogP contribution is -2.31. The van der Waals surface area contributed by atoms with Gasteiger partial charge in [0, 0.05) is 49.4 Å². The smallest absolute Gasteiger partial charge is 0.222 e. The second-order valence-electron chi connectivity index (χ2n) is 6.87. The fraction of sp³-hybridized carbons (Fsp3) is 0.526. The minimum Gasteiger partial charge on any atom is -0.342 e. The fourth-order valence-corrected chi connectivity index (χ4v) is 4.23. The van der Waals surface area contributed by atoms with Gasteiger partial charge in [-0.2, -0.15) is 0 Å². The Kier molecular flexibility index (Phi) is 6.15. The monoisotopic (exact) mass is 358 g/mol. The second kappa shape index (κ2) is 8.54. The summed E-state index contributed by atoms with van der Waals surface area (Å²) in [4.78, 5) is 26.8. The molecule has 1 amide bonds. The van der Waals surface area contributed by atoms with Crippen molar-refractivity contribution in [1.29, 1.82) is 0 Å². The summed E-state index contributed by atoms with van der Waals surface area (Å²) in [7, 11) is 2.16. The van der Waals surface area contributed by atoms with E-state index in [9.17, 15) is 4.79 Å². The molecular formula is C19H26N4OS. The predicted octanol–water partition coefficient (Wildman–Crippen LogP) is 2.76. The van der Waals surface area contributed by atoms with E-state index in [-0.39, 0.29) is 5.91 Å². The molecule has 134 valence electrons. The topological polar surface area (TPSA) is 49.3 Å². The van der Waals surface area contributed by atoms with Crippen LogP contribution in [0.1, 0.15) is 29.1 Å². The number of aromatic nitrogens is 2. The van der Waals surface area contributed by atoms with Crippen LogP contribution in [0.5, 0.6) is 0 Å². The number of thiazole rings is 1. The van der Waals surface area contributed by atoms with Crippen molar-refractivity contribution >= 4 is 17.2 Å². The number of pyridine rings is 1. The van der Waals surface area contributed by atoms with Crippen LogP contribution in [-0.4, -0.2) is 52.4 Å². The Morgan fingerprint density at radius 3 is 3.00 bits per heavy atom.